The molecule has 1 aliphatic carbocycles. The highest BCUT2D eigenvalue weighted by Gasteiger charge is 2.19. The van der Waals surface area contributed by atoms with Gasteiger partial charge >= 0.3 is 5.97 Å². The second-order valence-electron chi connectivity index (χ2n) is 4.96. The summed E-state index contributed by atoms with van der Waals surface area (Å²) in [6, 6.07) is 5.46. The number of rotatable bonds is 3. The van der Waals surface area contributed by atoms with Gasteiger partial charge in [0.05, 0.1) is 0 Å². The standard InChI is InChI=1S/C16H16N2O3/c1-10(19)21-15-12(8-13(9-17)16(18)20)7-6-11-4-2-3-5-14(11)15/h6-8H,2-5H2,1H3,(H2,18,20). The van der Waals surface area contributed by atoms with Crippen LogP contribution in [0.2, 0.25) is 0 Å². The molecule has 1 aromatic rings. The zero-order valence-electron chi connectivity index (χ0n) is 11.8. The van der Waals surface area contributed by atoms with Crippen LogP contribution in [0.25, 0.3) is 6.08 Å². The Kier molecular flexibility index (Phi) is 4.39. The maximum absolute atomic E-state index is 11.3. The lowest BCUT2D eigenvalue weighted by Crippen LogP contribution is -2.13. The van der Waals surface area contributed by atoms with Gasteiger partial charge in [-0.1, -0.05) is 12.1 Å². The second-order valence-corrected chi connectivity index (χ2v) is 4.96. The van der Waals surface area contributed by atoms with E-state index >= 15 is 0 Å². The second kappa shape index (κ2) is 6.23. The first kappa shape index (κ1) is 14.8. The minimum Gasteiger partial charge on any atom is -0.426 e. The van der Waals surface area contributed by atoms with Crippen molar-refractivity contribution in [3.8, 4) is 11.8 Å². The van der Waals surface area contributed by atoms with E-state index < -0.39 is 11.9 Å². The Hall–Kier alpha value is -2.61. The zero-order chi connectivity index (χ0) is 15.4. The van der Waals surface area contributed by atoms with Crippen LogP contribution in [0.3, 0.4) is 0 Å². The third kappa shape index (κ3) is 3.29. The van der Waals surface area contributed by atoms with Crippen LogP contribution >= 0.6 is 0 Å². The molecule has 2 N–H and O–H groups in total. The van der Waals surface area contributed by atoms with E-state index in [2.05, 4.69) is 0 Å². The maximum Gasteiger partial charge on any atom is 0.308 e. The molecule has 0 aromatic heterocycles. The third-order valence-corrected chi connectivity index (χ3v) is 3.44. The van der Waals surface area contributed by atoms with Crippen LogP contribution in [0.15, 0.2) is 17.7 Å². The molecule has 0 fully saturated rings. The summed E-state index contributed by atoms with van der Waals surface area (Å²) in [7, 11) is 0. The first-order chi connectivity index (χ1) is 10.0. The van der Waals surface area contributed by atoms with Gasteiger partial charge in [0, 0.05) is 12.5 Å². The summed E-state index contributed by atoms with van der Waals surface area (Å²) in [5, 5.41) is 8.94. The molecule has 21 heavy (non-hydrogen) atoms. The monoisotopic (exact) mass is 284 g/mol. The van der Waals surface area contributed by atoms with Crippen molar-refractivity contribution in [3.05, 3.63) is 34.4 Å². The van der Waals surface area contributed by atoms with Crippen molar-refractivity contribution >= 4 is 18.0 Å². The van der Waals surface area contributed by atoms with E-state index in [-0.39, 0.29) is 5.57 Å². The summed E-state index contributed by atoms with van der Waals surface area (Å²) in [5.74, 6) is -0.793. The molecule has 5 heteroatoms. The van der Waals surface area contributed by atoms with Crippen molar-refractivity contribution in [1.29, 1.82) is 5.26 Å². The summed E-state index contributed by atoms with van der Waals surface area (Å²) in [6.45, 7) is 1.33. The van der Waals surface area contributed by atoms with E-state index in [1.54, 1.807) is 12.1 Å². The van der Waals surface area contributed by atoms with Crippen molar-refractivity contribution in [2.24, 2.45) is 5.73 Å². The number of hydrogen-bond acceptors (Lipinski definition) is 4. The number of nitriles is 1. The first-order valence-corrected chi connectivity index (χ1v) is 6.77. The maximum atomic E-state index is 11.3. The predicted octanol–water partition coefficient (Wildman–Crippen LogP) is 1.88. The predicted molar refractivity (Wildman–Crippen MR) is 77.2 cm³/mol. The molecule has 108 valence electrons. The number of carbonyl (C=O) groups is 2. The molecule has 5 nitrogen and oxygen atoms in total. The highest BCUT2D eigenvalue weighted by atomic mass is 16.5. The molecular weight excluding hydrogens is 268 g/mol. The van der Waals surface area contributed by atoms with E-state index in [9.17, 15) is 9.59 Å². The molecule has 1 aromatic carbocycles. The minimum absolute atomic E-state index is 0.167. The van der Waals surface area contributed by atoms with Gasteiger partial charge in [-0.25, -0.2) is 0 Å². The summed E-state index contributed by atoms with van der Waals surface area (Å²) >= 11 is 0. The molecule has 0 heterocycles. The van der Waals surface area contributed by atoms with Gasteiger partial charge in [0.1, 0.15) is 17.4 Å². The Balaban J connectivity index is 2.58. The zero-order valence-corrected chi connectivity index (χ0v) is 11.8. The van der Waals surface area contributed by atoms with E-state index in [1.807, 2.05) is 6.07 Å². The molecule has 1 amide bonds. The summed E-state index contributed by atoms with van der Waals surface area (Å²) in [5.41, 5.74) is 7.63. The van der Waals surface area contributed by atoms with Gasteiger partial charge in [-0.2, -0.15) is 5.26 Å². The van der Waals surface area contributed by atoms with Crippen LogP contribution in [0, 0.1) is 11.3 Å². The molecule has 0 radical (unpaired) electrons. The highest BCUT2D eigenvalue weighted by molar-refractivity contribution is 6.01. The molecule has 0 saturated heterocycles. The van der Waals surface area contributed by atoms with Crippen LogP contribution < -0.4 is 10.5 Å². The quantitative estimate of drug-likeness (QED) is 0.397. The number of hydrogen-bond donors (Lipinski definition) is 1. The topological polar surface area (TPSA) is 93.2 Å². The van der Waals surface area contributed by atoms with Gasteiger partial charge in [-0.3, -0.25) is 9.59 Å². The number of nitrogens with zero attached hydrogens (tertiary/aromatic N) is 1. The Morgan fingerprint density at radius 3 is 2.67 bits per heavy atom. The Morgan fingerprint density at radius 2 is 2.05 bits per heavy atom. The molecule has 0 aliphatic heterocycles. The Labute approximate surface area is 123 Å². The summed E-state index contributed by atoms with van der Waals surface area (Å²) in [6.07, 6.45) is 5.25. The van der Waals surface area contributed by atoms with Gasteiger partial charge in [-0.15, -0.1) is 0 Å². The summed E-state index contributed by atoms with van der Waals surface area (Å²) < 4.78 is 5.32. The molecule has 0 unspecified atom stereocenters. The van der Waals surface area contributed by atoms with Crippen molar-refractivity contribution in [3.63, 3.8) is 0 Å². The van der Waals surface area contributed by atoms with E-state index in [0.29, 0.717) is 11.3 Å². The average Bonchev–Trinajstić information content (AvgIpc) is 2.45. The van der Waals surface area contributed by atoms with Gasteiger partial charge < -0.3 is 10.5 Å². The molecule has 2 rings (SSSR count). The normalized spacial score (nSPS) is 14.0. The molecule has 0 spiro atoms. The van der Waals surface area contributed by atoms with E-state index in [1.165, 1.54) is 13.0 Å². The van der Waals surface area contributed by atoms with E-state index in [0.717, 1.165) is 36.8 Å². The van der Waals surface area contributed by atoms with Crippen LogP contribution in [0.1, 0.15) is 36.5 Å². The fourth-order valence-corrected chi connectivity index (χ4v) is 2.50. The number of aryl methyl sites for hydroxylation is 1. The molecular formula is C16H16N2O3. The van der Waals surface area contributed by atoms with Crippen molar-refractivity contribution in [2.75, 3.05) is 0 Å². The largest absolute Gasteiger partial charge is 0.426 e. The van der Waals surface area contributed by atoms with Gasteiger partial charge in [0.25, 0.3) is 5.91 Å². The molecule has 0 atom stereocenters. The van der Waals surface area contributed by atoms with Crippen molar-refractivity contribution < 1.29 is 14.3 Å². The van der Waals surface area contributed by atoms with Crippen molar-refractivity contribution in [1.82, 2.24) is 0 Å². The first-order valence-electron chi connectivity index (χ1n) is 6.77. The summed E-state index contributed by atoms with van der Waals surface area (Å²) in [4.78, 5) is 22.5. The molecule has 0 bridgehead atoms. The fourth-order valence-electron chi connectivity index (χ4n) is 2.50. The van der Waals surface area contributed by atoms with Crippen molar-refractivity contribution in [2.45, 2.75) is 32.6 Å². The average molecular weight is 284 g/mol. The fraction of sp³-hybridized carbons (Fsp3) is 0.312. The van der Waals surface area contributed by atoms with Crippen LogP contribution in [-0.4, -0.2) is 11.9 Å². The number of benzene rings is 1. The Bertz CT molecular complexity index is 669. The SMILES string of the molecule is CC(=O)Oc1c(C=C(C#N)C(N)=O)ccc2c1CCCC2. The third-order valence-electron chi connectivity index (χ3n) is 3.44. The molecule has 1 aliphatic rings. The molecule has 0 saturated carbocycles. The lowest BCUT2D eigenvalue weighted by molar-refractivity contribution is -0.132. The van der Waals surface area contributed by atoms with Gasteiger partial charge in [0.2, 0.25) is 0 Å². The van der Waals surface area contributed by atoms with Gasteiger partial charge in [-0.05, 0) is 42.9 Å². The minimum atomic E-state index is -0.802. The number of primary amides is 1. The number of ether oxygens (including phenoxy) is 1. The Morgan fingerprint density at radius 1 is 1.33 bits per heavy atom. The van der Waals surface area contributed by atoms with Crippen LogP contribution in [0.5, 0.6) is 5.75 Å². The van der Waals surface area contributed by atoms with Crippen LogP contribution in [-0.2, 0) is 22.4 Å². The lowest BCUT2D eigenvalue weighted by Gasteiger charge is -2.20. The highest BCUT2D eigenvalue weighted by Crippen LogP contribution is 2.34. The number of carbonyl (C=O) groups excluding carboxylic acids is 2. The number of fused-ring (bicyclic) bond motifs is 1. The number of amides is 1. The van der Waals surface area contributed by atoms with Gasteiger partial charge in [0.15, 0.2) is 0 Å². The number of esters is 1. The van der Waals surface area contributed by atoms with Crippen LogP contribution in [0.4, 0.5) is 0 Å². The lowest BCUT2D eigenvalue weighted by atomic mass is 9.89. The van der Waals surface area contributed by atoms with E-state index in [4.69, 9.17) is 15.7 Å². The number of nitrogens with two attached hydrogens (primary N) is 1. The smallest absolute Gasteiger partial charge is 0.308 e.